The molecule has 0 aliphatic carbocycles. The summed E-state index contributed by atoms with van der Waals surface area (Å²) in [6, 6.07) is 10.6. The summed E-state index contributed by atoms with van der Waals surface area (Å²) in [5, 5.41) is 3.04. The predicted molar refractivity (Wildman–Crippen MR) is 93.3 cm³/mol. The van der Waals surface area contributed by atoms with Gasteiger partial charge in [0.15, 0.2) is 0 Å². The molecule has 0 aromatic heterocycles. The van der Waals surface area contributed by atoms with Crippen LogP contribution in [-0.2, 0) is 11.3 Å². The highest BCUT2D eigenvalue weighted by Crippen LogP contribution is 2.29. The van der Waals surface area contributed by atoms with Crippen molar-refractivity contribution in [3.05, 3.63) is 35.9 Å². The van der Waals surface area contributed by atoms with Gasteiger partial charge in [-0.05, 0) is 38.2 Å². The van der Waals surface area contributed by atoms with E-state index in [4.69, 9.17) is 4.74 Å². The van der Waals surface area contributed by atoms with Crippen LogP contribution in [0.2, 0.25) is 0 Å². The molecule has 1 aliphatic heterocycles. The molecule has 128 valence electrons. The number of likely N-dealkylation sites (tertiary alicyclic amines) is 1. The fraction of sp³-hybridized carbons (Fsp3) is 0.632. The number of ether oxygens (including phenoxy) is 1. The lowest BCUT2D eigenvalue weighted by Gasteiger charge is -2.42. The summed E-state index contributed by atoms with van der Waals surface area (Å²) in [7, 11) is 0. The first-order valence-electron chi connectivity index (χ1n) is 8.39. The highest BCUT2D eigenvalue weighted by Gasteiger charge is 2.34. The summed E-state index contributed by atoms with van der Waals surface area (Å²) in [6.45, 7) is 13.0. The number of piperidine rings is 1. The summed E-state index contributed by atoms with van der Waals surface area (Å²) < 4.78 is 5.39. The molecule has 1 atom stereocenters. The molecule has 4 heteroatoms. The van der Waals surface area contributed by atoms with Gasteiger partial charge in [0.2, 0.25) is 0 Å². The van der Waals surface area contributed by atoms with Gasteiger partial charge in [-0.15, -0.1) is 0 Å². The Kier molecular flexibility index (Phi) is 5.35. The largest absolute Gasteiger partial charge is 0.444 e. The minimum absolute atomic E-state index is 0.123. The second-order valence-corrected chi connectivity index (χ2v) is 8.37. The molecule has 0 bridgehead atoms. The van der Waals surface area contributed by atoms with Gasteiger partial charge in [0.25, 0.3) is 0 Å². The maximum absolute atomic E-state index is 12.1. The number of hydrogen-bond acceptors (Lipinski definition) is 3. The van der Waals surface area contributed by atoms with E-state index in [0.717, 1.165) is 26.1 Å². The van der Waals surface area contributed by atoms with E-state index in [-0.39, 0.29) is 17.6 Å². The van der Waals surface area contributed by atoms with E-state index in [1.165, 1.54) is 5.56 Å². The van der Waals surface area contributed by atoms with Gasteiger partial charge in [0.05, 0.1) is 0 Å². The lowest BCUT2D eigenvalue weighted by Crippen LogP contribution is -2.53. The summed E-state index contributed by atoms with van der Waals surface area (Å²) >= 11 is 0. The van der Waals surface area contributed by atoms with Crippen LogP contribution in [-0.4, -0.2) is 35.7 Å². The Morgan fingerprint density at radius 3 is 2.57 bits per heavy atom. The maximum Gasteiger partial charge on any atom is 0.407 e. The minimum Gasteiger partial charge on any atom is -0.444 e. The normalized spacial score (nSPS) is 21.7. The van der Waals surface area contributed by atoms with E-state index < -0.39 is 5.60 Å². The van der Waals surface area contributed by atoms with Crippen molar-refractivity contribution in [2.75, 3.05) is 13.1 Å². The number of hydrogen-bond donors (Lipinski definition) is 1. The van der Waals surface area contributed by atoms with Gasteiger partial charge in [-0.2, -0.15) is 0 Å². The smallest absolute Gasteiger partial charge is 0.407 e. The van der Waals surface area contributed by atoms with Gasteiger partial charge in [-0.25, -0.2) is 4.79 Å². The van der Waals surface area contributed by atoms with Crippen molar-refractivity contribution >= 4 is 6.09 Å². The Labute approximate surface area is 140 Å². The van der Waals surface area contributed by atoms with Gasteiger partial charge in [-0.1, -0.05) is 44.2 Å². The van der Waals surface area contributed by atoms with Crippen molar-refractivity contribution < 1.29 is 9.53 Å². The van der Waals surface area contributed by atoms with Crippen LogP contribution in [0.5, 0.6) is 0 Å². The fourth-order valence-electron chi connectivity index (χ4n) is 3.31. The Morgan fingerprint density at radius 1 is 1.30 bits per heavy atom. The average molecular weight is 318 g/mol. The summed E-state index contributed by atoms with van der Waals surface area (Å²) in [5.41, 5.74) is 1.02. The zero-order chi connectivity index (χ0) is 17.1. The van der Waals surface area contributed by atoms with Crippen LogP contribution in [0.1, 0.15) is 46.6 Å². The van der Waals surface area contributed by atoms with E-state index >= 15 is 0 Å². The summed E-state index contributed by atoms with van der Waals surface area (Å²) in [4.78, 5) is 14.5. The average Bonchev–Trinajstić information content (AvgIpc) is 2.35. The third-order valence-electron chi connectivity index (χ3n) is 3.90. The molecular weight excluding hydrogens is 288 g/mol. The van der Waals surface area contributed by atoms with Crippen LogP contribution in [0, 0.1) is 5.41 Å². The van der Waals surface area contributed by atoms with Crippen molar-refractivity contribution in [1.82, 2.24) is 10.2 Å². The zero-order valence-electron chi connectivity index (χ0n) is 15.1. The van der Waals surface area contributed by atoms with Crippen LogP contribution in [0.3, 0.4) is 0 Å². The molecule has 1 heterocycles. The molecule has 1 unspecified atom stereocenters. The fourth-order valence-corrected chi connectivity index (χ4v) is 3.31. The van der Waals surface area contributed by atoms with Gasteiger partial charge < -0.3 is 10.1 Å². The third kappa shape index (κ3) is 6.22. The highest BCUT2D eigenvalue weighted by atomic mass is 16.6. The lowest BCUT2D eigenvalue weighted by atomic mass is 9.81. The van der Waals surface area contributed by atoms with Crippen molar-refractivity contribution in [3.63, 3.8) is 0 Å². The molecule has 1 aliphatic rings. The first kappa shape index (κ1) is 17.8. The molecule has 2 rings (SSSR count). The second-order valence-electron chi connectivity index (χ2n) is 8.37. The van der Waals surface area contributed by atoms with E-state index in [9.17, 15) is 4.79 Å². The minimum atomic E-state index is -0.460. The van der Waals surface area contributed by atoms with Crippen molar-refractivity contribution in [2.24, 2.45) is 5.41 Å². The van der Waals surface area contributed by atoms with E-state index in [1.807, 2.05) is 26.8 Å². The maximum atomic E-state index is 12.1. The molecular formula is C19H30N2O2. The number of rotatable bonds is 3. The van der Waals surface area contributed by atoms with Gasteiger partial charge >= 0.3 is 6.09 Å². The number of carbonyl (C=O) groups is 1. The van der Waals surface area contributed by atoms with Crippen LogP contribution >= 0.6 is 0 Å². The van der Waals surface area contributed by atoms with Crippen molar-refractivity contribution in [1.29, 1.82) is 0 Å². The Hall–Kier alpha value is -1.55. The molecule has 1 saturated heterocycles. The monoisotopic (exact) mass is 318 g/mol. The Morgan fingerprint density at radius 2 is 1.96 bits per heavy atom. The van der Waals surface area contributed by atoms with Crippen LogP contribution < -0.4 is 5.32 Å². The topological polar surface area (TPSA) is 41.6 Å². The van der Waals surface area contributed by atoms with Crippen molar-refractivity contribution in [3.8, 4) is 0 Å². The van der Waals surface area contributed by atoms with Gasteiger partial charge in [0, 0.05) is 25.7 Å². The van der Waals surface area contributed by atoms with E-state index in [0.29, 0.717) is 0 Å². The Balaban J connectivity index is 1.97. The molecule has 1 fully saturated rings. The Bertz CT molecular complexity index is 520. The number of nitrogens with zero attached hydrogens (tertiary/aromatic N) is 1. The van der Waals surface area contributed by atoms with Crippen LogP contribution in [0.25, 0.3) is 0 Å². The summed E-state index contributed by atoms with van der Waals surface area (Å²) in [6.07, 6.45) is 0.650. The second kappa shape index (κ2) is 6.91. The van der Waals surface area contributed by atoms with E-state index in [2.05, 4.69) is 48.3 Å². The van der Waals surface area contributed by atoms with Gasteiger partial charge in [-0.3, -0.25) is 4.90 Å². The third-order valence-corrected chi connectivity index (χ3v) is 3.90. The molecule has 0 saturated carbocycles. The predicted octanol–water partition coefficient (Wildman–Crippen LogP) is 3.81. The molecule has 1 amide bonds. The highest BCUT2D eigenvalue weighted by molar-refractivity contribution is 5.68. The number of amides is 1. The molecule has 1 aromatic rings. The summed E-state index contributed by atoms with van der Waals surface area (Å²) in [5.74, 6) is 0. The molecule has 1 aromatic carbocycles. The SMILES string of the molecule is CC1(C)CC(NC(=O)OC(C)(C)C)CN(Cc2ccccc2)C1. The first-order chi connectivity index (χ1) is 10.6. The van der Waals surface area contributed by atoms with Gasteiger partial charge in [0.1, 0.15) is 5.60 Å². The molecule has 0 spiro atoms. The van der Waals surface area contributed by atoms with Crippen molar-refractivity contribution in [2.45, 2.75) is 59.2 Å². The van der Waals surface area contributed by atoms with Crippen LogP contribution in [0.4, 0.5) is 4.79 Å². The number of benzene rings is 1. The molecule has 23 heavy (non-hydrogen) atoms. The standard InChI is InChI=1S/C19H30N2O2/c1-18(2,3)23-17(22)20-16-11-19(4,5)14-21(13-16)12-15-9-7-6-8-10-15/h6-10,16H,11-14H2,1-5H3,(H,20,22). The first-order valence-corrected chi connectivity index (χ1v) is 8.39. The zero-order valence-corrected chi connectivity index (χ0v) is 15.1. The van der Waals surface area contributed by atoms with Crippen LogP contribution in [0.15, 0.2) is 30.3 Å². The molecule has 1 N–H and O–H groups in total. The molecule has 0 radical (unpaired) electrons. The number of nitrogens with one attached hydrogen (secondary N) is 1. The number of carbonyl (C=O) groups excluding carboxylic acids is 1. The van der Waals surface area contributed by atoms with E-state index in [1.54, 1.807) is 0 Å². The lowest BCUT2D eigenvalue weighted by molar-refractivity contribution is 0.0381. The quantitative estimate of drug-likeness (QED) is 0.921. The number of alkyl carbamates (subject to hydrolysis) is 1. The molecule has 4 nitrogen and oxygen atoms in total.